The van der Waals surface area contributed by atoms with Crippen LogP contribution in [0.2, 0.25) is 0 Å². The molecule has 0 spiro atoms. The van der Waals surface area contributed by atoms with E-state index in [0.717, 1.165) is 43.9 Å². The van der Waals surface area contributed by atoms with E-state index in [1.165, 1.54) is 0 Å². The first-order valence-electron chi connectivity index (χ1n) is 5.54. The zero-order valence-corrected chi connectivity index (χ0v) is 11.0. The molecule has 1 saturated heterocycles. The number of hydrogen-bond donors (Lipinski definition) is 1. The summed E-state index contributed by atoms with van der Waals surface area (Å²) < 4.78 is 14.1. The Balaban J connectivity index is 2.13. The van der Waals surface area contributed by atoms with Crippen LogP contribution in [0.4, 0.5) is 4.39 Å². The van der Waals surface area contributed by atoms with E-state index < -0.39 is 0 Å². The van der Waals surface area contributed by atoms with Crippen LogP contribution in [0.1, 0.15) is 11.1 Å². The molecule has 16 heavy (non-hydrogen) atoms. The molecule has 2 rings (SSSR count). The molecule has 1 aromatic rings. The monoisotopic (exact) mass is 286 g/mol. The average Bonchev–Trinajstić information content (AvgIpc) is 2.27. The van der Waals surface area contributed by atoms with Crippen LogP contribution in [0.5, 0.6) is 0 Å². The molecule has 0 aliphatic carbocycles. The van der Waals surface area contributed by atoms with Crippen LogP contribution < -0.4 is 5.32 Å². The molecular weight excluding hydrogens is 271 g/mol. The Hall–Kier alpha value is -0.450. The number of benzene rings is 1. The topological polar surface area (TPSA) is 15.3 Å². The molecule has 0 unspecified atom stereocenters. The molecular formula is C12H16BrFN2. The summed E-state index contributed by atoms with van der Waals surface area (Å²) >= 11 is 3.32. The highest BCUT2D eigenvalue weighted by Gasteiger charge is 2.13. The Bertz CT molecular complexity index is 376. The first kappa shape index (κ1) is 12.0. The molecule has 2 nitrogen and oxygen atoms in total. The Morgan fingerprint density at radius 3 is 2.75 bits per heavy atom. The summed E-state index contributed by atoms with van der Waals surface area (Å²) in [6.45, 7) is 6.85. The molecule has 1 aromatic carbocycles. The fourth-order valence-electron chi connectivity index (χ4n) is 2.02. The zero-order valence-electron chi connectivity index (χ0n) is 9.39. The molecule has 0 bridgehead atoms. The molecule has 1 aliphatic heterocycles. The van der Waals surface area contributed by atoms with Gasteiger partial charge in [-0.1, -0.05) is 6.07 Å². The lowest BCUT2D eigenvalue weighted by atomic mass is 10.1. The van der Waals surface area contributed by atoms with E-state index in [-0.39, 0.29) is 5.82 Å². The summed E-state index contributed by atoms with van der Waals surface area (Å²) in [5.41, 5.74) is 2.02. The maximum Gasteiger partial charge on any atom is 0.137 e. The smallest absolute Gasteiger partial charge is 0.137 e. The van der Waals surface area contributed by atoms with Crippen LogP contribution in [0.15, 0.2) is 16.6 Å². The summed E-state index contributed by atoms with van der Waals surface area (Å²) in [7, 11) is 0. The first-order chi connectivity index (χ1) is 7.66. The van der Waals surface area contributed by atoms with Crippen molar-refractivity contribution in [2.24, 2.45) is 0 Å². The van der Waals surface area contributed by atoms with Gasteiger partial charge in [0, 0.05) is 32.7 Å². The van der Waals surface area contributed by atoms with Crippen molar-refractivity contribution in [1.82, 2.24) is 10.2 Å². The van der Waals surface area contributed by atoms with Crippen molar-refractivity contribution in [3.8, 4) is 0 Å². The summed E-state index contributed by atoms with van der Waals surface area (Å²) in [6.07, 6.45) is 0. The summed E-state index contributed by atoms with van der Waals surface area (Å²) in [6, 6.07) is 3.61. The number of halogens is 2. The van der Waals surface area contributed by atoms with Gasteiger partial charge in [0.25, 0.3) is 0 Å². The molecule has 88 valence electrons. The second-order valence-corrected chi connectivity index (χ2v) is 5.04. The van der Waals surface area contributed by atoms with E-state index in [1.807, 2.05) is 6.92 Å². The van der Waals surface area contributed by atoms with Gasteiger partial charge in [-0.3, -0.25) is 4.90 Å². The predicted octanol–water partition coefficient (Wildman–Crippen LogP) is 2.30. The highest BCUT2D eigenvalue weighted by Crippen LogP contribution is 2.23. The third-order valence-corrected chi connectivity index (χ3v) is 3.74. The lowest BCUT2D eigenvalue weighted by Crippen LogP contribution is -2.42. The quantitative estimate of drug-likeness (QED) is 0.898. The molecule has 0 atom stereocenters. The van der Waals surface area contributed by atoms with Crippen LogP contribution in [-0.4, -0.2) is 31.1 Å². The van der Waals surface area contributed by atoms with E-state index >= 15 is 0 Å². The normalized spacial score (nSPS) is 17.7. The van der Waals surface area contributed by atoms with Crippen molar-refractivity contribution in [3.05, 3.63) is 33.5 Å². The number of nitrogens with zero attached hydrogens (tertiary/aromatic N) is 1. The number of aryl methyl sites for hydroxylation is 1. The highest BCUT2D eigenvalue weighted by atomic mass is 79.9. The highest BCUT2D eigenvalue weighted by molar-refractivity contribution is 9.10. The van der Waals surface area contributed by atoms with Crippen molar-refractivity contribution in [2.75, 3.05) is 26.2 Å². The van der Waals surface area contributed by atoms with Crippen molar-refractivity contribution in [3.63, 3.8) is 0 Å². The van der Waals surface area contributed by atoms with Crippen LogP contribution in [0.3, 0.4) is 0 Å². The second kappa shape index (κ2) is 5.25. The largest absolute Gasteiger partial charge is 0.314 e. The summed E-state index contributed by atoms with van der Waals surface area (Å²) in [4.78, 5) is 2.34. The third-order valence-electron chi connectivity index (χ3n) is 2.85. The summed E-state index contributed by atoms with van der Waals surface area (Å²) in [5.74, 6) is -0.162. The van der Waals surface area contributed by atoms with Crippen molar-refractivity contribution >= 4 is 15.9 Å². The van der Waals surface area contributed by atoms with Crippen LogP contribution >= 0.6 is 15.9 Å². The SMILES string of the molecule is Cc1cc(F)c(Br)c(CN2CCNCC2)c1. The second-order valence-electron chi connectivity index (χ2n) is 4.25. The van der Waals surface area contributed by atoms with Gasteiger partial charge in [0.2, 0.25) is 0 Å². The molecule has 0 amide bonds. The maximum absolute atomic E-state index is 13.5. The van der Waals surface area contributed by atoms with Gasteiger partial charge in [0.15, 0.2) is 0 Å². The van der Waals surface area contributed by atoms with Gasteiger partial charge < -0.3 is 5.32 Å². The zero-order chi connectivity index (χ0) is 11.5. The minimum absolute atomic E-state index is 0.162. The lowest BCUT2D eigenvalue weighted by molar-refractivity contribution is 0.232. The molecule has 0 saturated carbocycles. The van der Waals surface area contributed by atoms with Crippen molar-refractivity contribution in [2.45, 2.75) is 13.5 Å². The van der Waals surface area contributed by atoms with Crippen LogP contribution in [0, 0.1) is 12.7 Å². The fourth-order valence-corrected chi connectivity index (χ4v) is 2.38. The molecule has 1 heterocycles. The van der Waals surface area contributed by atoms with Gasteiger partial charge in [-0.05, 0) is 40.0 Å². The molecule has 0 radical (unpaired) electrons. The van der Waals surface area contributed by atoms with Crippen LogP contribution in [-0.2, 0) is 6.54 Å². The van der Waals surface area contributed by atoms with Gasteiger partial charge in [-0.15, -0.1) is 0 Å². The standard InChI is InChI=1S/C12H16BrFN2/c1-9-6-10(12(13)11(14)7-9)8-16-4-2-15-3-5-16/h6-7,15H,2-5,8H2,1H3. The van der Waals surface area contributed by atoms with Crippen molar-refractivity contribution in [1.29, 1.82) is 0 Å². The van der Waals surface area contributed by atoms with Gasteiger partial charge in [0.05, 0.1) is 4.47 Å². The maximum atomic E-state index is 13.5. The van der Waals surface area contributed by atoms with Gasteiger partial charge in [-0.2, -0.15) is 0 Å². The third kappa shape index (κ3) is 2.81. The number of rotatable bonds is 2. The Kier molecular flexibility index (Phi) is 3.95. The van der Waals surface area contributed by atoms with Gasteiger partial charge in [0.1, 0.15) is 5.82 Å². The van der Waals surface area contributed by atoms with E-state index in [4.69, 9.17) is 0 Å². The molecule has 1 N–H and O–H groups in total. The molecule has 4 heteroatoms. The van der Waals surface area contributed by atoms with E-state index in [2.05, 4.69) is 32.2 Å². The number of nitrogens with one attached hydrogen (secondary N) is 1. The Labute approximate surface area is 104 Å². The van der Waals surface area contributed by atoms with Crippen molar-refractivity contribution < 1.29 is 4.39 Å². The number of hydrogen-bond acceptors (Lipinski definition) is 2. The molecule has 1 fully saturated rings. The Morgan fingerprint density at radius 2 is 2.06 bits per heavy atom. The van der Waals surface area contributed by atoms with E-state index in [0.29, 0.717) is 4.47 Å². The minimum Gasteiger partial charge on any atom is -0.314 e. The van der Waals surface area contributed by atoms with Gasteiger partial charge >= 0.3 is 0 Å². The predicted molar refractivity (Wildman–Crippen MR) is 67.0 cm³/mol. The van der Waals surface area contributed by atoms with E-state index in [9.17, 15) is 4.39 Å². The first-order valence-corrected chi connectivity index (χ1v) is 6.34. The fraction of sp³-hybridized carbons (Fsp3) is 0.500. The van der Waals surface area contributed by atoms with E-state index in [1.54, 1.807) is 6.07 Å². The minimum atomic E-state index is -0.162. The Morgan fingerprint density at radius 1 is 1.38 bits per heavy atom. The summed E-state index contributed by atoms with van der Waals surface area (Å²) in [5, 5.41) is 3.31. The van der Waals surface area contributed by atoms with Crippen LogP contribution in [0.25, 0.3) is 0 Å². The molecule has 1 aliphatic rings. The number of piperazine rings is 1. The average molecular weight is 287 g/mol. The van der Waals surface area contributed by atoms with Gasteiger partial charge in [-0.25, -0.2) is 4.39 Å². The lowest BCUT2D eigenvalue weighted by Gasteiger charge is -2.27. The molecule has 0 aromatic heterocycles.